The molecule has 0 spiro atoms. The van der Waals surface area contributed by atoms with Gasteiger partial charge in [0.05, 0.1) is 0 Å². The van der Waals surface area contributed by atoms with E-state index in [0.717, 1.165) is 26.8 Å². The van der Waals surface area contributed by atoms with Crippen molar-refractivity contribution in [2.45, 2.75) is 23.5 Å². The monoisotopic (exact) mass is 324 g/mol. The van der Waals surface area contributed by atoms with Crippen molar-refractivity contribution in [2.24, 2.45) is 0 Å². The van der Waals surface area contributed by atoms with Gasteiger partial charge in [-0.05, 0) is 42.5 Å². The lowest BCUT2D eigenvalue weighted by Gasteiger charge is -2.20. The molecule has 0 saturated carbocycles. The van der Waals surface area contributed by atoms with E-state index < -0.39 is 10.7 Å². The van der Waals surface area contributed by atoms with E-state index >= 15 is 0 Å². The van der Waals surface area contributed by atoms with E-state index in [9.17, 15) is 9.90 Å². The van der Waals surface area contributed by atoms with Gasteiger partial charge in [0.1, 0.15) is 4.75 Å². The summed E-state index contributed by atoms with van der Waals surface area (Å²) in [5.41, 5.74) is 2.03. The number of pyridine rings is 2. The summed E-state index contributed by atoms with van der Waals surface area (Å²) in [6, 6.07) is 9.93. The van der Waals surface area contributed by atoms with Crippen molar-refractivity contribution in [3.63, 3.8) is 0 Å². The van der Waals surface area contributed by atoms with E-state index in [-0.39, 0.29) is 0 Å². The lowest BCUT2D eigenvalue weighted by atomic mass is 10.0. The third-order valence-electron chi connectivity index (χ3n) is 3.64. The molecule has 0 aliphatic heterocycles. The van der Waals surface area contributed by atoms with Gasteiger partial charge in [0.2, 0.25) is 0 Å². The predicted octanol–water partition coefficient (Wildman–Crippen LogP) is 4.25. The van der Waals surface area contributed by atoms with Crippen LogP contribution in [0.25, 0.3) is 21.9 Å². The van der Waals surface area contributed by atoms with Gasteiger partial charge in [-0.15, -0.1) is 11.8 Å². The third-order valence-corrected chi connectivity index (χ3v) is 4.87. The first kappa shape index (κ1) is 15.5. The van der Waals surface area contributed by atoms with Gasteiger partial charge in [0.15, 0.2) is 0 Å². The summed E-state index contributed by atoms with van der Waals surface area (Å²) in [5.74, 6) is -0.848. The molecule has 0 radical (unpaired) electrons. The van der Waals surface area contributed by atoms with Crippen LogP contribution in [-0.2, 0) is 4.79 Å². The summed E-state index contributed by atoms with van der Waals surface area (Å²) in [6.07, 6.45) is 7.05. The molecule has 0 saturated heterocycles. The molecule has 0 atom stereocenters. The third kappa shape index (κ3) is 3.05. The molecule has 4 nitrogen and oxygen atoms in total. The molecule has 0 bridgehead atoms. The molecule has 116 valence electrons. The number of nitrogens with zero attached hydrogens (tertiary/aromatic N) is 2. The number of thioether (sulfide) groups is 1. The Labute approximate surface area is 138 Å². The van der Waals surface area contributed by atoms with Gasteiger partial charge >= 0.3 is 5.97 Å². The molecule has 0 aliphatic carbocycles. The number of carboxylic acid groups (broad SMARTS) is 1. The van der Waals surface area contributed by atoms with Crippen LogP contribution < -0.4 is 0 Å². The highest BCUT2D eigenvalue weighted by Gasteiger charge is 2.29. The Morgan fingerprint density at radius 3 is 2.57 bits per heavy atom. The second kappa shape index (κ2) is 6.01. The second-order valence-corrected chi connectivity index (χ2v) is 7.36. The molecule has 0 amide bonds. The largest absolute Gasteiger partial charge is 0.480 e. The zero-order chi connectivity index (χ0) is 16.4. The standard InChI is InChI=1S/C18H16N2O2S/c1-18(2,17(21)22)23-16-11-20-9-7-15(16)14-5-3-4-12-10-19-8-6-13(12)14/h3-11H,1-2H3,(H,21,22). The molecule has 1 N–H and O–H groups in total. The molecule has 2 heterocycles. The number of benzene rings is 1. The fraction of sp³-hybridized carbons (Fsp3) is 0.167. The molecule has 0 aliphatic rings. The Hall–Kier alpha value is -2.40. The Morgan fingerprint density at radius 2 is 1.78 bits per heavy atom. The van der Waals surface area contributed by atoms with Crippen LogP contribution in [0.4, 0.5) is 0 Å². The summed E-state index contributed by atoms with van der Waals surface area (Å²) in [4.78, 5) is 20.6. The maximum atomic E-state index is 11.4. The normalized spacial score (nSPS) is 11.6. The van der Waals surface area contributed by atoms with Crippen molar-refractivity contribution in [2.75, 3.05) is 0 Å². The van der Waals surface area contributed by atoms with Gasteiger partial charge in [0, 0.05) is 35.1 Å². The van der Waals surface area contributed by atoms with E-state index in [0.29, 0.717) is 0 Å². The average Bonchev–Trinajstić information content (AvgIpc) is 2.54. The molecule has 1 aromatic carbocycles. The number of carbonyl (C=O) groups is 1. The van der Waals surface area contributed by atoms with Crippen molar-refractivity contribution >= 4 is 28.5 Å². The molecule has 3 aromatic rings. The van der Waals surface area contributed by atoms with E-state index in [2.05, 4.69) is 9.97 Å². The highest BCUT2D eigenvalue weighted by Crippen LogP contribution is 2.40. The van der Waals surface area contributed by atoms with Gasteiger partial charge in [-0.25, -0.2) is 0 Å². The molecular formula is C18H16N2O2S. The average molecular weight is 324 g/mol. The Kier molecular flexibility index (Phi) is 4.05. The molecule has 0 fully saturated rings. The van der Waals surface area contributed by atoms with Crippen molar-refractivity contribution < 1.29 is 9.90 Å². The maximum Gasteiger partial charge on any atom is 0.319 e. The Bertz CT molecular complexity index is 872. The smallest absolute Gasteiger partial charge is 0.319 e. The zero-order valence-corrected chi connectivity index (χ0v) is 13.7. The minimum Gasteiger partial charge on any atom is -0.480 e. The SMILES string of the molecule is CC(C)(Sc1cnccc1-c1cccc2cnccc12)C(=O)O. The Balaban J connectivity index is 2.15. The Morgan fingerprint density at radius 1 is 1.04 bits per heavy atom. The molecule has 0 unspecified atom stereocenters. The van der Waals surface area contributed by atoms with Crippen LogP contribution in [0.1, 0.15) is 13.8 Å². The minimum absolute atomic E-state index is 0.848. The van der Waals surface area contributed by atoms with Crippen LogP contribution in [0.5, 0.6) is 0 Å². The molecule has 5 heteroatoms. The van der Waals surface area contributed by atoms with Gasteiger partial charge < -0.3 is 5.11 Å². The number of aliphatic carboxylic acids is 1. The van der Waals surface area contributed by atoms with Crippen molar-refractivity contribution in [1.29, 1.82) is 0 Å². The summed E-state index contributed by atoms with van der Waals surface area (Å²) in [6.45, 7) is 3.40. The number of fused-ring (bicyclic) bond motifs is 1. The van der Waals surface area contributed by atoms with E-state index in [4.69, 9.17) is 0 Å². The number of carboxylic acids is 1. The molecule has 3 rings (SSSR count). The predicted molar refractivity (Wildman–Crippen MR) is 92.5 cm³/mol. The van der Waals surface area contributed by atoms with Crippen molar-refractivity contribution in [3.8, 4) is 11.1 Å². The summed E-state index contributed by atoms with van der Waals surface area (Å²) in [5, 5.41) is 11.5. The van der Waals surface area contributed by atoms with Crippen molar-refractivity contribution in [1.82, 2.24) is 9.97 Å². The highest BCUT2D eigenvalue weighted by molar-refractivity contribution is 8.01. The molecule has 23 heavy (non-hydrogen) atoms. The van der Waals surface area contributed by atoms with Gasteiger partial charge in [-0.3, -0.25) is 14.8 Å². The van der Waals surface area contributed by atoms with Crippen LogP contribution in [0, 0.1) is 0 Å². The van der Waals surface area contributed by atoms with E-state index in [1.807, 2.05) is 36.5 Å². The molecular weight excluding hydrogens is 308 g/mol. The van der Waals surface area contributed by atoms with Crippen LogP contribution >= 0.6 is 11.8 Å². The lowest BCUT2D eigenvalue weighted by molar-refractivity contribution is -0.138. The van der Waals surface area contributed by atoms with Crippen LogP contribution in [0.15, 0.2) is 60.0 Å². The number of aromatic nitrogens is 2. The zero-order valence-electron chi connectivity index (χ0n) is 12.9. The first-order chi connectivity index (χ1) is 11.0. The second-order valence-electron chi connectivity index (χ2n) is 5.69. The summed E-state index contributed by atoms with van der Waals surface area (Å²) < 4.78 is -0.927. The topological polar surface area (TPSA) is 63.1 Å². The number of hydrogen-bond acceptors (Lipinski definition) is 4. The van der Waals surface area contributed by atoms with Crippen LogP contribution in [-0.4, -0.2) is 25.8 Å². The summed E-state index contributed by atoms with van der Waals surface area (Å²) in [7, 11) is 0. The van der Waals surface area contributed by atoms with Crippen LogP contribution in [0.3, 0.4) is 0 Å². The highest BCUT2D eigenvalue weighted by atomic mass is 32.2. The first-order valence-corrected chi connectivity index (χ1v) is 8.00. The van der Waals surface area contributed by atoms with Crippen molar-refractivity contribution in [3.05, 3.63) is 55.1 Å². The number of hydrogen-bond donors (Lipinski definition) is 1. The lowest BCUT2D eigenvalue weighted by Crippen LogP contribution is -2.27. The fourth-order valence-electron chi connectivity index (χ4n) is 2.36. The maximum absolute atomic E-state index is 11.4. The van der Waals surface area contributed by atoms with Gasteiger partial charge in [0.25, 0.3) is 0 Å². The quantitative estimate of drug-likeness (QED) is 0.727. The fourth-order valence-corrected chi connectivity index (χ4v) is 3.40. The minimum atomic E-state index is -0.927. The molecule has 2 aromatic heterocycles. The van der Waals surface area contributed by atoms with Gasteiger partial charge in [-0.1, -0.05) is 18.2 Å². The van der Waals surface area contributed by atoms with E-state index in [1.54, 1.807) is 32.4 Å². The van der Waals surface area contributed by atoms with Gasteiger partial charge in [-0.2, -0.15) is 0 Å². The number of rotatable bonds is 4. The summed E-state index contributed by atoms with van der Waals surface area (Å²) >= 11 is 1.31. The van der Waals surface area contributed by atoms with E-state index in [1.165, 1.54) is 11.8 Å². The first-order valence-electron chi connectivity index (χ1n) is 7.18. The van der Waals surface area contributed by atoms with Crippen LogP contribution in [0.2, 0.25) is 0 Å².